The second kappa shape index (κ2) is 16.4. The van der Waals surface area contributed by atoms with Gasteiger partial charge in [-0.1, -0.05) is 118 Å². The molecule has 0 heterocycles. The van der Waals surface area contributed by atoms with Crippen molar-refractivity contribution in [3.63, 3.8) is 0 Å². The first-order chi connectivity index (χ1) is 10.3. The summed E-state index contributed by atoms with van der Waals surface area (Å²) < 4.78 is 0. The Kier molecular flexibility index (Phi) is 16.4. The van der Waals surface area contributed by atoms with Crippen molar-refractivity contribution in [1.29, 1.82) is 0 Å². The number of hydrogen-bond donors (Lipinski definition) is 0. The van der Waals surface area contributed by atoms with E-state index < -0.39 is 0 Å². The Labute approximate surface area is 136 Å². The average molecular weight is 297 g/mol. The largest absolute Gasteiger partial charge is 0.0654 e. The predicted octanol–water partition coefficient (Wildman–Crippen LogP) is 8.15. The normalized spacial score (nSPS) is 14.3. The molecule has 21 heavy (non-hydrogen) atoms. The van der Waals surface area contributed by atoms with Crippen molar-refractivity contribution in [3.8, 4) is 0 Å². The van der Waals surface area contributed by atoms with Gasteiger partial charge in [0, 0.05) is 0 Å². The SMILES string of the molecule is CCCCCCCC(CCCC)CC(CC)CCCCC. The molecule has 0 saturated carbocycles. The minimum atomic E-state index is 1.01. The average Bonchev–Trinajstić information content (AvgIpc) is 2.50. The van der Waals surface area contributed by atoms with Crippen LogP contribution in [0, 0.1) is 11.8 Å². The van der Waals surface area contributed by atoms with E-state index in [2.05, 4.69) is 27.7 Å². The number of hydrogen-bond acceptors (Lipinski definition) is 0. The third-order valence-electron chi connectivity index (χ3n) is 5.14. The quantitative estimate of drug-likeness (QED) is 0.252. The van der Waals surface area contributed by atoms with Crippen molar-refractivity contribution in [1.82, 2.24) is 0 Å². The van der Waals surface area contributed by atoms with Gasteiger partial charge in [-0.2, -0.15) is 0 Å². The van der Waals surface area contributed by atoms with E-state index in [-0.39, 0.29) is 0 Å². The maximum Gasteiger partial charge on any atom is -0.0412 e. The van der Waals surface area contributed by atoms with E-state index in [1.807, 2.05) is 0 Å². The standard InChI is InChI=1S/C21H44/c1-5-9-12-13-15-18-21(16-11-7-3)19-20(8-4)17-14-10-6-2/h20-21H,5-19H2,1-4H3. The van der Waals surface area contributed by atoms with E-state index in [1.54, 1.807) is 0 Å². The number of unbranched alkanes of at least 4 members (excludes halogenated alkanes) is 7. The summed E-state index contributed by atoms with van der Waals surface area (Å²) in [5.74, 6) is 2.03. The molecular weight excluding hydrogens is 252 g/mol. The molecule has 0 amide bonds. The first-order valence-corrected chi connectivity index (χ1v) is 10.3. The maximum absolute atomic E-state index is 2.41. The van der Waals surface area contributed by atoms with Crippen LogP contribution in [0.15, 0.2) is 0 Å². The summed E-state index contributed by atoms with van der Waals surface area (Å²) in [6.07, 6.45) is 21.7. The van der Waals surface area contributed by atoms with E-state index in [0.29, 0.717) is 0 Å². The van der Waals surface area contributed by atoms with Crippen LogP contribution in [-0.2, 0) is 0 Å². The summed E-state index contributed by atoms with van der Waals surface area (Å²) in [5, 5.41) is 0. The zero-order chi connectivity index (χ0) is 15.8. The van der Waals surface area contributed by atoms with Crippen LogP contribution in [-0.4, -0.2) is 0 Å². The highest BCUT2D eigenvalue weighted by molar-refractivity contribution is 4.67. The molecule has 0 saturated heterocycles. The lowest BCUT2D eigenvalue weighted by Gasteiger charge is -2.23. The predicted molar refractivity (Wildman–Crippen MR) is 98.9 cm³/mol. The van der Waals surface area contributed by atoms with Crippen LogP contribution in [0.5, 0.6) is 0 Å². The van der Waals surface area contributed by atoms with Crippen molar-refractivity contribution >= 4 is 0 Å². The molecule has 0 aliphatic carbocycles. The smallest absolute Gasteiger partial charge is 0.0412 e. The molecule has 0 spiro atoms. The Balaban J connectivity index is 3.99. The van der Waals surface area contributed by atoms with Gasteiger partial charge in [0.15, 0.2) is 0 Å². The van der Waals surface area contributed by atoms with Crippen LogP contribution in [0.2, 0.25) is 0 Å². The van der Waals surface area contributed by atoms with Crippen LogP contribution in [0.3, 0.4) is 0 Å². The van der Waals surface area contributed by atoms with Gasteiger partial charge in [0.25, 0.3) is 0 Å². The van der Waals surface area contributed by atoms with E-state index in [4.69, 9.17) is 0 Å². The van der Waals surface area contributed by atoms with E-state index >= 15 is 0 Å². The van der Waals surface area contributed by atoms with E-state index in [1.165, 1.54) is 96.3 Å². The highest BCUT2D eigenvalue weighted by Crippen LogP contribution is 2.29. The fourth-order valence-corrected chi connectivity index (χ4v) is 3.55. The van der Waals surface area contributed by atoms with Gasteiger partial charge in [-0.25, -0.2) is 0 Å². The second-order valence-corrected chi connectivity index (χ2v) is 7.22. The van der Waals surface area contributed by atoms with Gasteiger partial charge >= 0.3 is 0 Å². The molecule has 128 valence electrons. The molecule has 0 heteroatoms. The minimum absolute atomic E-state index is 1.01. The third kappa shape index (κ3) is 13.4. The molecular formula is C21H44. The lowest BCUT2D eigenvalue weighted by Crippen LogP contribution is -2.09. The van der Waals surface area contributed by atoms with E-state index in [9.17, 15) is 0 Å². The van der Waals surface area contributed by atoms with Gasteiger partial charge in [-0.3, -0.25) is 0 Å². The van der Waals surface area contributed by atoms with Crippen molar-refractivity contribution in [2.75, 3.05) is 0 Å². The summed E-state index contributed by atoms with van der Waals surface area (Å²) in [6.45, 7) is 9.39. The summed E-state index contributed by atoms with van der Waals surface area (Å²) in [6, 6.07) is 0. The first-order valence-electron chi connectivity index (χ1n) is 10.3. The van der Waals surface area contributed by atoms with Crippen molar-refractivity contribution in [2.24, 2.45) is 11.8 Å². The Morgan fingerprint density at radius 1 is 0.476 bits per heavy atom. The van der Waals surface area contributed by atoms with Crippen molar-refractivity contribution in [2.45, 2.75) is 124 Å². The van der Waals surface area contributed by atoms with Crippen LogP contribution < -0.4 is 0 Å². The zero-order valence-corrected chi connectivity index (χ0v) is 15.8. The van der Waals surface area contributed by atoms with Crippen LogP contribution in [0.1, 0.15) is 124 Å². The van der Waals surface area contributed by atoms with Gasteiger partial charge in [0.1, 0.15) is 0 Å². The van der Waals surface area contributed by atoms with Crippen molar-refractivity contribution in [3.05, 3.63) is 0 Å². The number of rotatable bonds is 16. The molecule has 0 aromatic carbocycles. The van der Waals surface area contributed by atoms with Gasteiger partial charge in [-0.05, 0) is 18.3 Å². The molecule has 0 fully saturated rings. The third-order valence-corrected chi connectivity index (χ3v) is 5.14. The zero-order valence-electron chi connectivity index (χ0n) is 15.8. The monoisotopic (exact) mass is 296 g/mol. The fraction of sp³-hybridized carbons (Fsp3) is 1.00. The summed E-state index contributed by atoms with van der Waals surface area (Å²) >= 11 is 0. The molecule has 0 bridgehead atoms. The van der Waals surface area contributed by atoms with Crippen molar-refractivity contribution < 1.29 is 0 Å². The molecule has 0 nitrogen and oxygen atoms in total. The Morgan fingerprint density at radius 3 is 1.57 bits per heavy atom. The van der Waals surface area contributed by atoms with Gasteiger partial charge < -0.3 is 0 Å². The topological polar surface area (TPSA) is 0 Å². The van der Waals surface area contributed by atoms with Crippen LogP contribution in [0.25, 0.3) is 0 Å². The maximum atomic E-state index is 2.41. The molecule has 0 aliphatic rings. The second-order valence-electron chi connectivity index (χ2n) is 7.22. The lowest BCUT2D eigenvalue weighted by atomic mass is 9.83. The Morgan fingerprint density at radius 2 is 0.952 bits per heavy atom. The summed E-state index contributed by atoms with van der Waals surface area (Å²) in [4.78, 5) is 0. The Bertz CT molecular complexity index is 184. The van der Waals surface area contributed by atoms with Gasteiger partial charge in [0.2, 0.25) is 0 Å². The molecule has 2 unspecified atom stereocenters. The molecule has 0 rings (SSSR count). The fourth-order valence-electron chi connectivity index (χ4n) is 3.55. The minimum Gasteiger partial charge on any atom is -0.0654 e. The molecule has 0 aromatic rings. The highest BCUT2D eigenvalue weighted by Gasteiger charge is 2.14. The summed E-state index contributed by atoms with van der Waals surface area (Å²) in [5.41, 5.74) is 0. The van der Waals surface area contributed by atoms with Gasteiger partial charge in [0.05, 0.1) is 0 Å². The van der Waals surface area contributed by atoms with Crippen LogP contribution >= 0.6 is 0 Å². The molecule has 0 aromatic heterocycles. The first kappa shape index (κ1) is 21.0. The van der Waals surface area contributed by atoms with E-state index in [0.717, 1.165) is 11.8 Å². The van der Waals surface area contributed by atoms with Gasteiger partial charge in [-0.15, -0.1) is 0 Å². The molecule has 0 aliphatic heterocycles. The highest BCUT2D eigenvalue weighted by atomic mass is 14.2. The summed E-state index contributed by atoms with van der Waals surface area (Å²) in [7, 11) is 0. The van der Waals surface area contributed by atoms with Crippen LogP contribution in [0.4, 0.5) is 0 Å². The molecule has 0 N–H and O–H groups in total. The lowest BCUT2D eigenvalue weighted by molar-refractivity contribution is 0.296. The molecule has 0 radical (unpaired) electrons. The Hall–Kier alpha value is 0. The molecule has 2 atom stereocenters.